The predicted octanol–water partition coefficient (Wildman–Crippen LogP) is 3.75. The lowest BCUT2D eigenvalue weighted by Crippen LogP contribution is -2.40. The molecule has 0 bridgehead atoms. The fourth-order valence-corrected chi connectivity index (χ4v) is 2.94. The summed E-state index contributed by atoms with van der Waals surface area (Å²) in [5.41, 5.74) is 0.900. The Balaban J connectivity index is 0.000000333. The van der Waals surface area contributed by atoms with Crippen LogP contribution in [0.5, 0.6) is 0 Å². The molecule has 12 nitrogen and oxygen atoms in total. The van der Waals surface area contributed by atoms with Crippen LogP contribution in [-0.2, 0) is 20.9 Å². The number of nitrogens with one attached hydrogen (secondary N) is 1. The van der Waals surface area contributed by atoms with Crippen molar-refractivity contribution in [1.29, 1.82) is 0 Å². The molecule has 0 radical (unpaired) electrons. The first-order valence-electron chi connectivity index (χ1n) is 11.0. The first kappa shape index (κ1) is 31.9. The van der Waals surface area contributed by atoms with Gasteiger partial charge in [0.05, 0.1) is 24.9 Å². The molecule has 218 valence electrons. The number of ether oxygens (including phenoxy) is 1. The lowest BCUT2D eigenvalue weighted by Gasteiger charge is -2.33. The molecule has 0 amide bonds. The highest BCUT2D eigenvalue weighted by Crippen LogP contribution is 2.24. The van der Waals surface area contributed by atoms with Crippen molar-refractivity contribution in [3.63, 3.8) is 0 Å². The van der Waals surface area contributed by atoms with Crippen LogP contribution in [0.3, 0.4) is 0 Å². The molecule has 0 aliphatic carbocycles. The van der Waals surface area contributed by atoms with Gasteiger partial charge in [0.1, 0.15) is 23.2 Å². The summed E-state index contributed by atoms with van der Waals surface area (Å²) in [5, 5.41) is 21.5. The number of pyridine rings is 1. The maximum Gasteiger partial charge on any atom is 0.490 e. The van der Waals surface area contributed by atoms with E-state index in [4.69, 9.17) is 29.1 Å². The number of aryl methyl sites for hydroxylation is 1. The molecule has 0 spiro atoms. The third kappa shape index (κ3) is 10.8. The Kier molecular flexibility index (Phi) is 11.3. The Labute approximate surface area is 221 Å². The largest absolute Gasteiger partial charge is 0.490 e. The number of morpholine rings is 1. The molecule has 1 aliphatic rings. The Morgan fingerprint density at radius 1 is 1.02 bits per heavy atom. The van der Waals surface area contributed by atoms with Crippen molar-refractivity contribution >= 4 is 23.6 Å². The average Bonchev–Trinajstić information content (AvgIpc) is 3.29. The van der Waals surface area contributed by atoms with Gasteiger partial charge in [0.15, 0.2) is 0 Å². The third-order valence-electron chi connectivity index (χ3n) is 4.66. The number of nitrogens with zero attached hydrogens (tertiary/aromatic N) is 5. The zero-order valence-corrected chi connectivity index (χ0v) is 20.5. The fraction of sp³-hybridized carbons (Fsp3) is 0.364. The zero-order valence-electron chi connectivity index (χ0n) is 20.5. The van der Waals surface area contributed by atoms with Gasteiger partial charge < -0.3 is 24.8 Å². The molecule has 4 rings (SSSR count). The van der Waals surface area contributed by atoms with Crippen LogP contribution in [0.25, 0.3) is 0 Å². The van der Waals surface area contributed by atoms with E-state index in [9.17, 15) is 26.3 Å². The number of alkyl halides is 6. The summed E-state index contributed by atoms with van der Waals surface area (Å²) >= 11 is 0. The monoisotopic (exact) mass is 580 g/mol. The minimum absolute atomic E-state index is 0.0359. The molecule has 1 unspecified atom stereocenters. The number of halogens is 6. The molecule has 1 saturated heterocycles. The summed E-state index contributed by atoms with van der Waals surface area (Å²) in [6, 6.07) is 9.43. The number of hydrogen-bond acceptors (Lipinski definition) is 10. The third-order valence-corrected chi connectivity index (χ3v) is 4.66. The number of carboxylic acids is 2. The number of carbonyl (C=O) groups is 2. The van der Waals surface area contributed by atoms with Gasteiger partial charge in [-0.15, -0.1) is 0 Å². The molecule has 3 N–H and O–H groups in total. The maximum absolute atomic E-state index is 10.6. The maximum atomic E-state index is 10.6. The van der Waals surface area contributed by atoms with Crippen molar-refractivity contribution in [3.05, 3.63) is 60.0 Å². The van der Waals surface area contributed by atoms with Gasteiger partial charge in [-0.05, 0) is 25.1 Å². The first-order chi connectivity index (χ1) is 18.7. The minimum atomic E-state index is -5.08. The van der Waals surface area contributed by atoms with E-state index in [1.165, 1.54) is 0 Å². The molecule has 18 heteroatoms. The van der Waals surface area contributed by atoms with Gasteiger partial charge >= 0.3 is 24.3 Å². The second-order valence-electron chi connectivity index (χ2n) is 7.74. The van der Waals surface area contributed by atoms with Crippen LogP contribution >= 0.6 is 0 Å². The van der Waals surface area contributed by atoms with Gasteiger partial charge in [-0.2, -0.15) is 26.3 Å². The van der Waals surface area contributed by atoms with Crippen molar-refractivity contribution in [2.75, 3.05) is 25.1 Å². The van der Waals surface area contributed by atoms with E-state index in [2.05, 4.69) is 30.3 Å². The number of hydrogen-bond donors (Lipinski definition) is 3. The van der Waals surface area contributed by atoms with Gasteiger partial charge in [-0.3, -0.25) is 4.90 Å². The van der Waals surface area contributed by atoms with E-state index in [1.807, 2.05) is 37.3 Å². The molecule has 3 aromatic rings. The second-order valence-corrected chi connectivity index (χ2v) is 7.74. The van der Waals surface area contributed by atoms with Crippen LogP contribution in [0, 0.1) is 6.92 Å². The van der Waals surface area contributed by atoms with Crippen molar-refractivity contribution < 1.29 is 55.4 Å². The van der Waals surface area contributed by atoms with E-state index in [0.717, 1.165) is 23.8 Å². The Morgan fingerprint density at radius 2 is 1.68 bits per heavy atom. The lowest BCUT2D eigenvalue weighted by atomic mass is 10.2. The molecule has 1 fully saturated rings. The second kappa shape index (κ2) is 14.2. The molecule has 4 heterocycles. The summed E-state index contributed by atoms with van der Waals surface area (Å²) < 4.78 is 74.3. The van der Waals surface area contributed by atoms with Crippen molar-refractivity contribution in [2.24, 2.45) is 0 Å². The van der Waals surface area contributed by atoms with Crippen molar-refractivity contribution in [1.82, 2.24) is 25.0 Å². The van der Waals surface area contributed by atoms with Crippen LogP contribution in [0.15, 0.2) is 47.2 Å². The number of aliphatic carboxylic acids is 2. The normalized spacial score (nSPS) is 15.6. The van der Waals surface area contributed by atoms with Crippen LogP contribution in [0.4, 0.5) is 38.0 Å². The van der Waals surface area contributed by atoms with Crippen LogP contribution in [0.1, 0.15) is 23.3 Å². The summed E-state index contributed by atoms with van der Waals surface area (Å²) in [4.78, 5) is 33.4. The molecule has 0 saturated carbocycles. The summed E-state index contributed by atoms with van der Waals surface area (Å²) in [6.45, 7) is 4.58. The van der Waals surface area contributed by atoms with E-state index in [-0.39, 0.29) is 6.04 Å². The quantitative estimate of drug-likeness (QED) is 0.375. The Morgan fingerprint density at radius 3 is 2.20 bits per heavy atom. The fourth-order valence-electron chi connectivity index (χ4n) is 2.94. The highest BCUT2D eigenvalue weighted by atomic mass is 19.4. The summed E-state index contributed by atoms with van der Waals surface area (Å²) in [7, 11) is 0. The summed E-state index contributed by atoms with van der Waals surface area (Å²) in [5.74, 6) is -2.54. The van der Waals surface area contributed by atoms with E-state index in [0.29, 0.717) is 31.4 Å². The van der Waals surface area contributed by atoms with Crippen LogP contribution in [-0.4, -0.2) is 79.3 Å². The SMILES string of the molecule is Cc1cc(CN2CCOCC2c2nccc(Nc3ccccn3)n2)no1.O=C(O)C(F)(F)F.O=C(O)C(F)(F)F. The topological polar surface area (TPSA) is 164 Å². The van der Waals surface area contributed by atoms with Gasteiger partial charge in [0, 0.05) is 31.5 Å². The highest BCUT2D eigenvalue weighted by molar-refractivity contribution is 5.73. The molecular formula is C22H22F6N6O6. The van der Waals surface area contributed by atoms with Crippen LogP contribution < -0.4 is 5.32 Å². The van der Waals surface area contributed by atoms with E-state index in [1.54, 1.807) is 12.4 Å². The number of rotatable bonds is 5. The molecule has 0 aromatic carbocycles. The van der Waals surface area contributed by atoms with Gasteiger partial charge in [0.2, 0.25) is 0 Å². The number of aromatic nitrogens is 4. The number of anilines is 2. The lowest BCUT2D eigenvalue weighted by molar-refractivity contribution is -0.193. The Bertz CT molecular complexity index is 1220. The van der Waals surface area contributed by atoms with Gasteiger partial charge in [-0.25, -0.2) is 24.5 Å². The van der Waals surface area contributed by atoms with Gasteiger partial charge in [-0.1, -0.05) is 11.2 Å². The molecule has 3 aromatic heterocycles. The minimum Gasteiger partial charge on any atom is -0.475 e. The Hall–Kier alpha value is -4.32. The highest BCUT2D eigenvalue weighted by Gasteiger charge is 2.38. The number of carboxylic acid groups (broad SMARTS) is 2. The zero-order chi connectivity index (χ0) is 29.9. The molecule has 1 aliphatic heterocycles. The first-order valence-corrected chi connectivity index (χ1v) is 11.0. The van der Waals surface area contributed by atoms with E-state index >= 15 is 0 Å². The molecule has 1 atom stereocenters. The van der Waals surface area contributed by atoms with Crippen LogP contribution in [0.2, 0.25) is 0 Å². The molecular weight excluding hydrogens is 558 g/mol. The summed E-state index contributed by atoms with van der Waals surface area (Å²) in [6.07, 6.45) is -6.68. The van der Waals surface area contributed by atoms with Gasteiger partial charge in [0.25, 0.3) is 0 Å². The van der Waals surface area contributed by atoms with E-state index < -0.39 is 24.3 Å². The predicted molar refractivity (Wildman–Crippen MR) is 122 cm³/mol. The van der Waals surface area contributed by atoms with Crippen molar-refractivity contribution in [2.45, 2.75) is 31.9 Å². The standard InChI is InChI=1S/C18H20N6O2.2C2HF3O2/c1-13-10-14(23-26-13)11-24-8-9-25-12-15(24)18-20-7-5-17(22-18)21-16-4-2-3-6-19-16;2*3-2(4,5)1(6)7/h2-7,10,15H,8-9,11-12H2,1H3,(H,19,20,21,22);2*(H,6,7). The van der Waals surface area contributed by atoms with Crippen molar-refractivity contribution in [3.8, 4) is 0 Å². The molecule has 40 heavy (non-hydrogen) atoms. The smallest absolute Gasteiger partial charge is 0.475 e. The average molecular weight is 580 g/mol.